The number of nitrogens with zero attached hydrogens (tertiary/aromatic N) is 1. The van der Waals surface area contributed by atoms with Crippen LogP contribution in [0.4, 0.5) is 0 Å². The number of rotatable bonds is 8. The number of carbonyl (C=O) groups is 1. The summed E-state index contributed by atoms with van der Waals surface area (Å²) in [5, 5.41) is 3.20. The Morgan fingerprint density at radius 3 is 2.26 bits per heavy atom. The summed E-state index contributed by atoms with van der Waals surface area (Å²) in [4.78, 5) is 20.2. The number of hydrogen-bond acceptors (Lipinski definition) is 4. The first kappa shape index (κ1) is 20.5. The highest BCUT2D eigenvalue weighted by atomic mass is 16.5. The van der Waals surface area contributed by atoms with Gasteiger partial charge in [-0.25, -0.2) is 4.98 Å². The second-order valence-electron chi connectivity index (χ2n) is 7.38. The predicted molar refractivity (Wildman–Crippen MR) is 120 cm³/mol. The van der Waals surface area contributed by atoms with Gasteiger partial charge in [-0.2, -0.15) is 0 Å². The van der Waals surface area contributed by atoms with E-state index in [-0.39, 0.29) is 11.9 Å². The van der Waals surface area contributed by atoms with Gasteiger partial charge in [-0.3, -0.25) is 4.79 Å². The number of amides is 1. The highest BCUT2D eigenvalue weighted by Crippen LogP contribution is 2.23. The highest BCUT2D eigenvalue weighted by molar-refractivity contribution is 5.81. The van der Waals surface area contributed by atoms with Gasteiger partial charge in [0.05, 0.1) is 44.0 Å². The largest absolute Gasteiger partial charge is 0.497 e. The van der Waals surface area contributed by atoms with Crippen LogP contribution in [0.2, 0.25) is 0 Å². The molecule has 6 nitrogen and oxygen atoms in total. The summed E-state index contributed by atoms with van der Waals surface area (Å²) in [5.74, 6) is 1.56. The van der Waals surface area contributed by atoms with Crippen LogP contribution in [0.1, 0.15) is 22.7 Å². The molecule has 0 saturated carbocycles. The predicted octanol–water partition coefficient (Wildman–Crippen LogP) is 4.22. The fourth-order valence-electron chi connectivity index (χ4n) is 3.61. The Hall–Kier alpha value is -3.80. The Kier molecular flexibility index (Phi) is 6.17. The van der Waals surface area contributed by atoms with E-state index < -0.39 is 0 Å². The normalized spacial score (nSPS) is 11.8. The SMILES string of the molecule is COc1ccc(CC(NC(=O)Cc2ccc3nc[nH]c3c2)c2ccc(OC)cc2)cc1. The molecule has 4 aromatic rings. The van der Waals surface area contributed by atoms with E-state index in [1.54, 1.807) is 20.5 Å². The maximum Gasteiger partial charge on any atom is 0.224 e. The van der Waals surface area contributed by atoms with Crippen LogP contribution in [0.25, 0.3) is 11.0 Å². The minimum atomic E-state index is -0.164. The van der Waals surface area contributed by atoms with Gasteiger partial charge in [-0.05, 0) is 59.5 Å². The lowest BCUT2D eigenvalue weighted by atomic mass is 9.98. The fraction of sp³-hybridized carbons (Fsp3) is 0.200. The summed E-state index contributed by atoms with van der Waals surface area (Å²) in [5.41, 5.74) is 4.89. The third-order valence-electron chi connectivity index (χ3n) is 5.30. The maximum absolute atomic E-state index is 12.9. The van der Waals surface area contributed by atoms with Gasteiger partial charge in [-0.15, -0.1) is 0 Å². The number of imidazole rings is 1. The van der Waals surface area contributed by atoms with E-state index >= 15 is 0 Å². The van der Waals surface area contributed by atoms with Gasteiger partial charge in [0, 0.05) is 0 Å². The van der Waals surface area contributed by atoms with Gasteiger partial charge >= 0.3 is 0 Å². The summed E-state index contributed by atoms with van der Waals surface area (Å²) in [6, 6.07) is 21.4. The van der Waals surface area contributed by atoms with Crippen molar-refractivity contribution in [2.45, 2.75) is 18.9 Å². The van der Waals surface area contributed by atoms with E-state index in [2.05, 4.69) is 15.3 Å². The van der Waals surface area contributed by atoms with Crippen LogP contribution >= 0.6 is 0 Å². The zero-order chi connectivity index (χ0) is 21.6. The van der Waals surface area contributed by atoms with E-state index in [0.29, 0.717) is 12.8 Å². The average molecular weight is 415 g/mol. The molecule has 0 radical (unpaired) electrons. The van der Waals surface area contributed by atoms with Crippen LogP contribution in [0.3, 0.4) is 0 Å². The van der Waals surface area contributed by atoms with Crippen molar-refractivity contribution in [3.05, 3.63) is 89.7 Å². The molecule has 0 aliphatic rings. The molecule has 0 aliphatic heterocycles. The molecule has 0 spiro atoms. The Labute approximate surface area is 181 Å². The number of methoxy groups -OCH3 is 2. The first-order valence-corrected chi connectivity index (χ1v) is 10.1. The molecule has 3 aromatic carbocycles. The van der Waals surface area contributed by atoms with Crippen molar-refractivity contribution < 1.29 is 14.3 Å². The third kappa shape index (κ3) is 5.04. The molecule has 31 heavy (non-hydrogen) atoms. The molecule has 0 saturated heterocycles. The topological polar surface area (TPSA) is 76.2 Å². The first-order valence-electron chi connectivity index (χ1n) is 10.1. The van der Waals surface area contributed by atoms with Gasteiger partial charge in [-0.1, -0.05) is 30.3 Å². The number of nitrogens with one attached hydrogen (secondary N) is 2. The molecular formula is C25H25N3O3. The van der Waals surface area contributed by atoms with Crippen LogP contribution in [0, 0.1) is 0 Å². The Morgan fingerprint density at radius 2 is 1.58 bits per heavy atom. The molecule has 1 amide bonds. The molecule has 4 rings (SSSR count). The minimum Gasteiger partial charge on any atom is -0.497 e. The molecule has 2 N–H and O–H groups in total. The van der Waals surface area contributed by atoms with Gasteiger partial charge in [0.25, 0.3) is 0 Å². The lowest BCUT2D eigenvalue weighted by Crippen LogP contribution is -2.31. The summed E-state index contributed by atoms with van der Waals surface area (Å²) in [6.45, 7) is 0. The third-order valence-corrected chi connectivity index (χ3v) is 5.30. The number of benzene rings is 3. The molecule has 0 aliphatic carbocycles. The number of aromatic amines is 1. The fourth-order valence-corrected chi connectivity index (χ4v) is 3.61. The number of H-pyrrole nitrogens is 1. The molecule has 1 atom stereocenters. The lowest BCUT2D eigenvalue weighted by molar-refractivity contribution is -0.121. The van der Waals surface area contributed by atoms with Crippen LogP contribution < -0.4 is 14.8 Å². The monoisotopic (exact) mass is 415 g/mol. The summed E-state index contributed by atoms with van der Waals surface area (Å²) >= 11 is 0. The number of carbonyl (C=O) groups excluding carboxylic acids is 1. The lowest BCUT2D eigenvalue weighted by Gasteiger charge is -2.20. The molecule has 0 bridgehead atoms. The van der Waals surface area contributed by atoms with Crippen LogP contribution in [0.15, 0.2) is 73.1 Å². The van der Waals surface area contributed by atoms with E-state index in [4.69, 9.17) is 9.47 Å². The zero-order valence-electron chi connectivity index (χ0n) is 17.6. The molecule has 1 unspecified atom stereocenters. The van der Waals surface area contributed by atoms with Crippen LogP contribution in [-0.4, -0.2) is 30.1 Å². The highest BCUT2D eigenvalue weighted by Gasteiger charge is 2.16. The van der Waals surface area contributed by atoms with E-state index in [1.807, 2.05) is 66.7 Å². The van der Waals surface area contributed by atoms with E-state index in [9.17, 15) is 4.79 Å². The van der Waals surface area contributed by atoms with E-state index in [1.165, 1.54) is 0 Å². The quantitative estimate of drug-likeness (QED) is 0.452. The zero-order valence-corrected chi connectivity index (χ0v) is 17.6. The van der Waals surface area contributed by atoms with Crippen molar-refractivity contribution in [2.24, 2.45) is 0 Å². The summed E-state index contributed by atoms with van der Waals surface area (Å²) < 4.78 is 10.5. The van der Waals surface area contributed by atoms with Crippen molar-refractivity contribution in [1.82, 2.24) is 15.3 Å². The van der Waals surface area contributed by atoms with Crippen molar-refractivity contribution >= 4 is 16.9 Å². The Bertz CT molecular complexity index is 1150. The number of hydrogen-bond donors (Lipinski definition) is 2. The smallest absolute Gasteiger partial charge is 0.224 e. The molecular weight excluding hydrogens is 390 g/mol. The van der Waals surface area contributed by atoms with Gasteiger partial charge < -0.3 is 19.8 Å². The standard InChI is InChI=1S/C25H25N3O3/c1-30-20-8-3-17(4-9-20)13-23(19-6-10-21(31-2)11-7-19)28-25(29)15-18-5-12-22-24(14-18)27-16-26-22/h3-12,14,16,23H,13,15H2,1-2H3,(H,26,27)(H,28,29). The maximum atomic E-state index is 12.9. The number of ether oxygens (including phenoxy) is 2. The van der Waals surface area contributed by atoms with E-state index in [0.717, 1.165) is 39.2 Å². The minimum absolute atomic E-state index is 0.0341. The summed E-state index contributed by atoms with van der Waals surface area (Å²) in [7, 11) is 3.29. The Morgan fingerprint density at radius 1 is 0.935 bits per heavy atom. The second-order valence-corrected chi connectivity index (χ2v) is 7.38. The second kappa shape index (κ2) is 9.34. The molecule has 6 heteroatoms. The molecule has 158 valence electrons. The van der Waals surface area contributed by atoms with Crippen molar-refractivity contribution in [1.29, 1.82) is 0 Å². The van der Waals surface area contributed by atoms with Crippen molar-refractivity contribution in [3.8, 4) is 11.5 Å². The van der Waals surface area contributed by atoms with Crippen LogP contribution in [-0.2, 0) is 17.6 Å². The van der Waals surface area contributed by atoms with Crippen molar-refractivity contribution in [3.63, 3.8) is 0 Å². The average Bonchev–Trinajstić information content (AvgIpc) is 3.27. The number of aromatic nitrogens is 2. The van der Waals surface area contributed by atoms with Gasteiger partial charge in [0.15, 0.2) is 0 Å². The summed E-state index contributed by atoms with van der Waals surface area (Å²) in [6.07, 6.45) is 2.62. The molecule has 0 fully saturated rings. The Balaban J connectivity index is 1.52. The molecule has 1 aromatic heterocycles. The van der Waals surface area contributed by atoms with Crippen molar-refractivity contribution in [2.75, 3.05) is 14.2 Å². The molecule has 1 heterocycles. The first-order chi connectivity index (χ1) is 15.1. The van der Waals surface area contributed by atoms with Gasteiger partial charge in [0.1, 0.15) is 11.5 Å². The van der Waals surface area contributed by atoms with Gasteiger partial charge in [0.2, 0.25) is 5.91 Å². The van der Waals surface area contributed by atoms with Crippen LogP contribution in [0.5, 0.6) is 11.5 Å². The number of fused-ring (bicyclic) bond motifs is 1.